The first kappa shape index (κ1) is 25.6. The van der Waals surface area contributed by atoms with Crippen molar-refractivity contribution >= 4 is 53.2 Å². The van der Waals surface area contributed by atoms with Crippen molar-refractivity contribution in [2.24, 2.45) is 0 Å². The van der Waals surface area contributed by atoms with Gasteiger partial charge in [-0.2, -0.15) is 0 Å². The molecule has 0 saturated heterocycles. The van der Waals surface area contributed by atoms with Crippen LogP contribution in [0.2, 0.25) is 0 Å². The predicted octanol–water partition coefficient (Wildman–Crippen LogP) is 11.6. The van der Waals surface area contributed by atoms with Crippen LogP contribution in [0.3, 0.4) is 0 Å². The minimum Gasteiger partial charge on any atom is -0.227 e. The summed E-state index contributed by atoms with van der Waals surface area (Å²) < 4.78 is 2.54. The summed E-state index contributed by atoms with van der Waals surface area (Å²) in [4.78, 5) is 10.7. The highest BCUT2D eigenvalue weighted by molar-refractivity contribution is 7.26. The highest BCUT2D eigenvalue weighted by Gasteiger charge is 2.40. The second-order valence-electron chi connectivity index (χ2n) is 12.0. The van der Waals surface area contributed by atoms with E-state index in [1.54, 1.807) is 0 Å². The second kappa shape index (κ2) is 9.57. The van der Waals surface area contributed by atoms with Crippen molar-refractivity contribution in [3.63, 3.8) is 0 Å². The van der Waals surface area contributed by atoms with Crippen molar-refractivity contribution in [1.29, 1.82) is 0 Å². The number of fused-ring (bicyclic) bond motifs is 9. The molecule has 9 rings (SSSR count). The van der Waals surface area contributed by atoms with Gasteiger partial charge < -0.3 is 0 Å². The summed E-state index contributed by atoms with van der Waals surface area (Å²) in [6.45, 7) is 4.64. The molecule has 0 amide bonds. The number of hydrogen-bond donors (Lipinski definition) is 0. The van der Waals surface area contributed by atoms with E-state index in [1.807, 2.05) is 11.3 Å². The lowest BCUT2D eigenvalue weighted by atomic mass is 9.74. The third-order valence-corrected chi connectivity index (χ3v) is 11.1. The molecule has 0 radical (unpaired) electrons. The fourth-order valence-corrected chi connectivity index (χ4v) is 8.84. The SMILES string of the molecule is CCC1(CC)c2ccccc2-c2cc(-c3nc(-c4ccccc4)c4ccc5sc6cc7ccccc7cc6c5c4n3)ccc21. The van der Waals surface area contributed by atoms with Crippen molar-refractivity contribution < 1.29 is 0 Å². The fourth-order valence-electron chi connectivity index (χ4n) is 7.70. The van der Waals surface area contributed by atoms with Crippen molar-refractivity contribution in [1.82, 2.24) is 9.97 Å². The topological polar surface area (TPSA) is 25.8 Å². The predicted molar refractivity (Wildman–Crippen MR) is 188 cm³/mol. The van der Waals surface area contributed by atoms with Gasteiger partial charge in [-0.05, 0) is 76.2 Å². The van der Waals surface area contributed by atoms with Crippen LogP contribution in [0.25, 0.3) is 75.6 Å². The van der Waals surface area contributed by atoms with Gasteiger partial charge in [-0.3, -0.25) is 0 Å². The Labute approximate surface area is 260 Å². The first-order valence-corrected chi connectivity index (χ1v) is 16.4. The molecule has 0 unspecified atom stereocenters. The van der Waals surface area contributed by atoms with E-state index >= 15 is 0 Å². The number of aromatic nitrogens is 2. The Kier molecular flexibility index (Phi) is 5.57. The molecule has 2 heterocycles. The van der Waals surface area contributed by atoms with E-state index in [1.165, 1.54) is 53.2 Å². The number of benzene rings is 6. The van der Waals surface area contributed by atoms with E-state index in [2.05, 4.69) is 135 Å². The van der Waals surface area contributed by atoms with E-state index in [9.17, 15) is 0 Å². The lowest BCUT2D eigenvalue weighted by Gasteiger charge is -2.29. The third kappa shape index (κ3) is 3.54. The Morgan fingerprint density at radius 3 is 2.11 bits per heavy atom. The fraction of sp³-hybridized carbons (Fsp3) is 0.122. The molecule has 0 saturated carbocycles. The smallest absolute Gasteiger partial charge is 0.160 e. The van der Waals surface area contributed by atoms with Crippen LogP contribution in [-0.2, 0) is 5.41 Å². The molecular formula is C41H30N2S. The van der Waals surface area contributed by atoms with E-state index in [4.69, 9.17) is 9.97 Å². The molecule has 2 aromatic heterocycles. The lowest BCUT2D eigenvalue weighted by Crippen LogP contribution is -2.22. The Hall–Kier alpha value is -4.86. The average molecular weight is 583 g/mol. The molecule has 0 aliphatic heterocycles. The van der Waals surface area contributed by atoms with Gasteiger partial charge in [0.05, 0.1) is 11.2 Å². The molecular weight excluding hydrogens is 553 g/mol. The molecule has 1 aliphatic rings. The van der Waals surface area contributed by atoms with Gasteiger partial charge in [0.15, 0.2) is 5.82 Å². The van der Waals surface area contributed by atoms with E-state index in [0.717, 1.165) is 46.4 Å². The van der Waals surface area contributed by atoms with Gasteiger partial charge in [-0.15, -0.1) is 11.3 Å². The summed E-state index contributed by atoms with van der Waals surface area (Å²) in [5.74, 6) is 0.773. The van der Waals surface area contributed by atoms with Crippen LogP contribution in [0.15, 0.2) is 121 Å². The maximum absolute atomic E-state index is 5.42. The van der Waals surface area contributed by atoms with Crippen LogP contribution < -0.4 is 0 Å². The van der Waals surface area contributed by atoms with Crippen molar-refractivity contribution in [2.75, 3.05) is 0 Å². The zero-order valence-corrected chi connectivity index (χ0v) is 25.6. The summed E-state index contributed by atoms with van der Waals surface area (Å²) in [7, 11) is 0. The minimum absolute atomic E-state index is 0.0500. The standard InChI is InChI=1S/C41H30N2S/c1-3-41(4-2)33-17-11-10-16-29(33)31-23-28(18-20-34(31)41)40-42-38(25-12-6-5-7-13-25)30-19-21-35-37(39(30)43-40)32-22-26-14-8-9-15-27(26)24-36(32)44-35/h5-24H,3-4H2,1-2H3. The summed E-state index contributed by atoms with van der Waals surface area (Å²) in [5.41, 5.74) is 9.74. The van der Waals surface area contributed by atoms with Crippen molar-refractivity contribution in [2.45, 2.75) is 32.1 Å². The van der Waals surface area contributed by atoms with Gasteiger partial charge in [-0.25, -0.2) is 9.97 Å². The molecule has 0 spiro atoms. The number of rotatable bonds is 4. The molecule has 210 valence electrons. The molecule has 0 bridgehead atoms. The summed E-state index contributed by atoms with van der Waals surface area (Å²) in [5, 5.41) is 6.09. The van der Waals surface area contributed by atoms with Crippen LogP contribution in [0.1, 0.15) is 37.8 Å². The van der Waals surface area contributed by atoms with Gasteiger partial charge >= 0.3 is 0 Å². The molecule has 1 aliphatic carbocycles. The van der Waals surface area contributed by atoms with E-state index < -0.39 is 0 Å². The van der Waals surface area contributed by atoms with Crippen LogP contribution in [0, 0.1) is 0 Å². The number of nitrogens with zero attached hydrogens (tertiary/aromatic N) is 2. The third-order valence-electron chi connectivity index (χ3n) is 9.95. The molecule has 0 atom stereocenters. The summed E-state index contributed by atoms with van der Waals surface area (Å²) in [6.07, 6.45) is 2.16. The zero-order valence-electron chi connectivity index (χ0n) is 24.8. The summed E-state index contributed by atoms with van der Waals surface area (Å²) in [6, 6.07) is 44.2. The van der Waals surface area contributed by atoms with Crippen molar-refractivity contribution in [3.05, 3.63) is 132 Å². The first-order chi connectivity index (χ1) is 21.7. The molecule has 2 nitrogen and oxygen atoms in total. The monoisotopic (exact) mass is 582 g/mol. The maximum atomic E-state index is 5.42. The maximum Gasteiger partial charge on any atom is 0.160 e. The first-order valence-electron chi connectivity index (χ1n) is 15.5. The molecule has 6 aromatic carbocycles. The van der Waals surface area contributed by atoms with Gasteiger partial charge in [0, 0.05) is 42.1 Å². The van der Waals surface area contributed by atoms with Crippen LogP contribution in [0.4, 0.5) is 0 Å². The molecule has 0 fully saturated rings. The van der Waals surface area contributed by atoms with Gasteiger partial charge in [0.2, 0.25) is 0 Å². The molecule has 0 N–H and O–H groups in total. The highest BCUT2D eigenvalue weighted by atomic mass is 32.1. The van der Waals surface area contributed by atoms with E-state index in [0.29, 0.717) is 0 Å². The normalized spacial score (nSPS) is 13.6. The van der Waals surface area contributed by atoms with Gasteiger partial charge in [0.25, 0.3) is 0 Å². The zero-order chi connectivity index (χ0) is 29.4. The molecule has 44 heavy (non-hydrogen) atoms. The average Bonchev–Trinajstić information content (AvgIpc) is 3.59. The Bertz CT molecular complexity index is 2410. The lowest BCUT2D eigenvalue weighted by molar-refractivity contribution is 0.490. The highest BCUT2D eigenvalue weighted by Crippen LogP contribution is 2.53. The minimum atomic E-state index is 0.0500. The van der Waals surface area contributed by atoms with Crippen LogP contribution >= 0.6 is 11.3 Å². The van der Waals surface area contributed by atoms with Crippen molar-refractivity contribution in [3.8, 4) is 33.8 Å². The summed E-state index contributed by atoms with van der Waals surface area (Å²) >= 11 is 1.85. The Morgan fingerprint density at radius 1 is 0.568 bits per heavy atom. The van der Waals surface area contributed by atoms with Gasteiger partial charge in [-0.1, -0.05) is 105 Å². The van der Waals surface area contributed by atoms with E-state index in [-0.39, 0.29) is 5.41 Å². The number of hydrogen-bond acceptors (Lipinski definition) is 3. The Balaban J connectivity index is 1.35. The van der Waals surface area contributed by atoms with Gasteiger partial charge in [0.1, 0.15) is 0 Å². The van der Waals surface area contributed by atoms with Crippen LogP contribution in [-0.4, -0.2) is 9.97 Å². The number of thiophene rings is 1. The quantitative estimate of drug-likeness (QED) is 0.206. The Morgan fingerprint density at radius 2 is 1.30 bits per heavy atom. The largest absolute Gasteiger partial charge is 0.227 e. The second-order valence-corrected chi connectivity index (χ2v) is 13.1. The van der Waals surface area contributed by atoms with Crippen LogP contribution in [0.5, 0.6) is 0 Å². The molecule has 3 heteroatoms. The molecule has 8 aromatic rings.